The van der Waals surface area contributed by atoms with Crippen LogP contribution in [0.25, 0.3) is 0 Å². The highest BCUT2D eigenvalue weighted by molar-refractivity contribution is 6.17. The quantitative estimate of drug-likeness (QED) is 0.833. The van der Waals surface area contributed by atoms with E-state index in [9.17, 15) is 13.2 Å². The standard InChI is InChI=1S/C14H12ClF3N2/c15-8-7-10-1-4-12(5-2-10)20-13-6-3-11(9-19-13)14(16,17)18/h1-6,9H,7-8H2,(H,19,20). The van der Waals surface area contributed by atoms with Crippen LogP contribution in [0, 0.1) is 0 Å². The molecule has 0 bridgehead atoms. The fourth-order valence-corrected chi connectivity index (χ4v) is 1.87. The van der Waals surface area contributed by atoms with Gasteiger partial charge in [-0.25, -0.2) is 4.98 Å². The molecule has 0 spiro atoms. The Morgan fingerprint density at radius 1 is 1.05 bits per heavy atom. The molecule has 0 atom stereocenters. The van der Waals surface area contributed by atoms with Gasteiger partial charge in [0.25, 0.3) is 0 Å². The van der Waals surface area contributed by atoms with Gasteiger partial charge in [0, 0.05) is 17.8 Å². The molecule has 1 heterocycles. The van der Waals surface area contributed by atoms with Gasteiger partial charge in [0.05, 0.1) is 5.56 Å². The molecule has 0 saturated heterocycles. The summed E-state index contributed by atoms with van der Waals surface area (Å²) in [5.41, 5.74) is 1.10. The molecule has 0 fully saturated rings. The number of rotatable bonds is 4. The number of benzene rings is 1. The molecular weight excluding hydrogens is 289 g/mol. The van der Waals surface area contributed by atoms with Crippen molar-refractivity contribution in [3.63, 3.8) is 0 Å². The minimum absolute atomic E-state index is 0.364. The van der Waals surface area contributed by atoms with Crippen LogP contribution in [0.4, 0.5) is 24.7 Å². The van der Waals surface area contributed by atoms with Gasteiger partial charge in [0.15, 0.2) is 0 Å². The molecule has 1 aromatic heterocycles. The molecule has 2 nitrogen and oxygen atoms in total. The molecule has 2 rings (SSSR count). The largest absolute Gasteiger partial charge is 0.417 e. The van der Waals surface area contributed by atoms with Crippen molar-refractivity contribution in [3.8, 4) is 0 Å². The third kappa shape index (κ3) is 3.87. The van der Waals surface area contributed by atoms with Gasteiger partial charge in [-0.05, 0) is 36.2 Å². The summed E-state index contributed by atoms with van der Waals surface area (Å²) < 4.78 is 37.2. The van der Waals surface area contributed by atoms with Crippen molar-refractivity contribution >= 4 is 23.1 Å². The molecule has 6 heteroatoms. The summed E-state index contributed by atoms with van der Waals surface area (Å²) in [7, 11) is 0. The summed E-state index contributed by atoms with van der Waals surface area (Å²) >= 11 is 5.64. The van der Waals surface area contributed by atoms with Crippen molar-refractivity contribution in [2.75, 3.05) is 11.2 Å². The van der Waals surface area contributed by atoms with Gasteiger partial charge in [0.2, 0.25) is 0 Å². The van der Waals surface area contributed by atoms with E-state index in [1.807, 2.05) is 24.3 Å². The fraction of sp³-hybridized carbons (Fsp3) is 0.214. The summed E-state index contributed by atoms with van der Waals surface area (Å²) in [6.45, 7) is 0. The van der Waals surface area contributed by atoms with Crippen LogP contribution in [0.3, 0.4) is 0 Å². The molecule has 0 aliphatic rings. The maximum absolute atomic E-state index is 12.4. The Bertz CT molecular complexity index is 550. The monoisotopic (exact) mass is 300 g/mol. The molecule has 0 aliphatic carbocycles. The molecule has 0 aliphatic heterocycles. The molecule has 20 heavy (non-hydrogen) atoms. The van der Waals surface area contributed by atoms with E-state index < -0.39 is 11.7 Å². The summed E-state index contributed by atoms with van der Waals surface area (Å²) in [5.74, 6) is 0.913. The minimum atomic E-state index is -4.37. The van der Waals surface area contributed by atoms with Crippen molar-refractivity contribution in [1.29, 1.82) is 0 Å². The Morgan fingerprint density at radius 3 is 2.25 bits per heavy atom. The zero-order valence-corrected chi connectivity index (χ0v) is 11.2. The number of aromatic nitrogens is 1. The number of alkyl halides is 4. The summed E-state index contributed by atoms with van der Waals surface area (Å²) in [6, 6.07) is 9.79. The van der Waals surface area contributed by atoms with Crippen LogP contribution in [-0.4, -0.2) is 10.9 Å². The third-order valence-electron chi connectivity index (χ3n) is 2.70. The minimum Gasteiger partial charge on any atom is -0.340 e. The maximum Gasteiger partial charge on any atom is 0.417 e. The lowest BCUT2D eigenvalue weighted by molar-refractivity contribution is -0.137. The molecule has 2 aromatic rings. The van der Waals surface area contributed by atoms with Gasteiger partial charge in [-0.15, -0.1) is 11.6 Å². The van der Waals surface area contributed by atoms with E-state index in [0.717, 1.165) is 29.9 Å². The number of nitrogens with zero attached hydrogens (tertiary/aromatic N) is 1. The van der Waals surface area contributed by atoms with Crippen molar-refractivity contribution in [2.24, 2.45) is 0 Å². The van der Waals surface area contributed by atoms with Crippen LogP contribution < -0.4 is 5.32 Å². The van der Waals surface area contributed by atoms with Gasteiger partial charge in [-0.2, -0.15) is 13.2 Å². The Balaban J connectivity index is 2.06. The fourth-order valence-electron chi connectivity index (χ4n) is 1.65. The Labute approximate surface area is 119 Å². The average molecular weight is 301 g/mol. The van der Waals surface area contributed by atoms with Crippen LogP contribution in [0.15, 0.2) is 42.6 Å². The smallest absolute Gasteiger partial charge is 0.340 e. The normalized spacial score (nSPS) is 11.4. The van der Waals surface area contributed by atoms with Crippen molar-refractivity contribution in [2.45, 2.75) is 12.6 Å². The SMILES string of the molecule is FC(F)(F)c1ccc(Nc2ccc(CCCl)cc2)nc1. The molecule has 0 radical (unpaired) electrons. The van der Waals surface area contributed by atoms with Gasteiger partial charge in [-0.3, -0.25) is 0 Å². The predicted octanol–water partition coefficient (Wildman–Crippen LogP) is 4.63. The topological polar surface area (TPSA) is 24.9 Å². The molecule has 1 N–H and O–H groups in total. The number of halogens is 4. The van der Waals surface area contributed by atoms with Crippen LogP contribution in [-0.2, 0) is 12.6 Å². The van der Waals surface area contributed by atoms with E-state index in [1.165, 1.54) is 6.07 Å². The zero-order valence-electron chi connectivity index (χ0n) is 10.4. The van der Waals surface area contributed by atoms with Crippen LogP contribution in [0.1, 0.15) is 11.1 Å². The van der Waals surface area contributed by atoms with Gasteiger partial charge < -0.3 is 5.32 Å². The van der Waals surface area contributed by atoms with Crippen molar-refractivity contribution < 1.29 is 13.2 Å². The maximum atomic E-state index is 12.4. The molecule has 0 amide bonds. The van der Waals surface area contributed by atoms with E-state index in [0.29, 0.717) is 11.7 Å². The van der Waals surface area contributed by atoms with E-state index in [4.69, 9.17) is 11.6 Å². The van der Waals surface area contributed by atoms with E-state index in [1.54, 1.807) is 0 Å². The highest BCUT2D eigenvalue weighted by Gasteiger charge is 2.30. The Morgan fingerprint density at radius 2 is 1.75 bits per heavy atom. The summed E-state index contributed by atoms with van der Waals surface area (Å²) in [6.07, 6.45) is -2.78. The van der Waals surface area contributed by atoms with E-state index in [2.05, 4.69) is 10.3 Å². The lowest BCUT2D eigenvalue weighted by Crippen LogP contribution is -2.05. The van der Waals surface area contributed by atoms with E-state index in [-0.39, 0.29) is 0 Å². The van der Waals surface area contributed by atoms with Crippen LogP contribution in [0.2, 0.25) is 0 Å². The zero-order chi connectivity index (χ0) is 14.6. The van der Waals surface area contributed by atoms with Crippen molar-refractivity contribution in [3.05, 3.63) is 53.7 Å². The van der Waals surface area contributed by atoms with Crippen LogP contribution in [0.5, 0.6) is 0 Å². The summed E-state index contributed by atoms with van der Waals surface area (Å²) in [5, 5.41) is 2.94. The number of nitrogens with one attached hydrogen (secondary N) is 1. The first-order valence-corrected chi connectivity index (χ1v) is 6.47. The second-order valence-corrected chi connectivity index (χ2v) is 4.57. The number of anilines is 2. The van der Waals surface area contributed by atoms with Gasteiger partial charge >= 0.3 is 6.18 Å². The van der Waals surface area contributed by atoms with E-state index >= 15 is 0 Å². The molecule has 0 saturated carbocycles. The molecule has 0 unspecified atom stereocenters. The Hall–Kier alpha value is -1.75. The number of aryl methyl sites for hydroxylation is 1. The van der Waals surface area contributed by atoms with Gasteiger partial charge in [-0.1, -0.05) is 12.1 Å². The lowest BCUT2D eigenvalue weighted by Gasteiger charge is -2.09. The summed E-state index contributed by atoms with van der Waals surface area (Å²) in [4.78, 5) is 3.75. The van der Waals surface area contributed by atoms with Crippen molar-refractivity contribution in [1.82, 2.24) is 4.98 Å². The molecule has 106 valence electrons. The first-order chi connectivity index (χ1) is 9.49. The third-order valence-corrected chi connectivity index (χ3v) is 2.89. The number of hydrogen-bond donors (Lipinski definition) is 1. The van der Waals surface area contributed by atoms with Gasteiger partial charge in [0.1, 0.15) is 5.82 Å². The highest BCUT2D eigenvalue weighted by Crippen LogP contribution is 2.29. The van der Waals surface area contributed by atoms with Crippen LogP contribution >= 0.6 is 11.6 Å². The number of pyridine rings is 1. The molecular formula is C14H12ClF3N2. The number of hydrogen-bond acceptors (Lipinski definition) is 2. The Kier molecular flexibility index (Phi) is 4.49. The second-order valence-electron chi connectivity index (χ2n) is 4.19. The lowest BCUT2D eigenvalue weighted by atomic mass is 10.1. The highest BCUT2D eigenvalue weighted by atomic mass is 35.5. The first-order valence-electron chi connectivity index (χ1n) is 5.94. The predicted molar refractivity (Wildman–Crippen MR) is 73.4 cm³/mol. The second kappa shape index (κ2) is 6.13. The first kappa shape index (κ1) is 14.7. The average Bonchev–Trinajstić information content (AvgIpc) is 2.41. The molecule has 1 aromatic carbocycles.